The first-order valence-electron chi connectivity index (χ1n) is 9.06. The molecule has 0 radical (unpaired) electrons. The van der Waals surface area contributed by atoms with Gasteiger partial charge in [0.2, 0.25) is 5.91 Å². The number of aliphatic carboxylic acids is 1. The fourth-order valence-corrected chi connectivity index (χ4v) is 3.50. The van der Waals surface area contributed by atoms with Gasteiger partial charge in [0.05, 0.1) is 6.54 Å². The normalized spacial score (nSPS) is 20.5. The van der Waals surface area contributed by atoms with Gasteiger partial charge in [-0.2, -0.15) is 0 Å². The molecule has 1 aliphatic rings. The Morgan fingerprint density at radius 1 is 1.38 bits per heavy atom. The van der Waals surface area contributed by atoms with E-state index in [0.717, 1.165) is 24.9 Å². The molecule has 3 N–H and O–H groups in total. The zero-order valence-corrected chi connectivity index (χ0v) is 16.3. The molecule has 1 aromatic carbocycles. The Balaban J connectivity index is 1.72. The van der Waals surface area contributed by atoms with Gasteiger partial charge in [-0.3, -0.25) is 14.5 Å². The van der Waals surface area contributed by atoms with E-state index in [9.17, 15) is 9.59 Å². The van der Waals surface area contributed by atoms with Crippen LogP contribution in [0, 0.1) is 6.92 Å². The minimum absolute atomic E-state index is 0.0522. The molecule has 26 heavy (non-hydrogen) atoms. The van der Waals surface area contributed by atoms with Crippen molar-refractivity contribution in [2.24, 2.45) is 0 Å². The highest BCUT2D eigenvalue weighted by Gasteiger charge is 2.34. The molecule has 0 saturated heterocycles. The van der Waals surface area contributed by atoms with Crippen LogP contribution in [0.4, 0.5) is 5.69 Å². The first kappa shape index (κ1) is 20.7. The summed E-state index contributed by atoms with van der Waals surface area (Å²) in [7, 11) is 0. The summed E-state index contributed by atoms with van der Waals surface area (Å²) < 4.78 is 0. The van der Waals surface area contributed by atoms with E-state index in [2.05, 4.69) is 10.6 Å². The lowest BCUT2D eigenvalue weighted by molar-refractivity contribution is -0.139. The lowest BCUT2D eigenvalue weighted by Gasteiger charge is -2.43. The Bertz CT molecular complexity index is 647. The number of carboxylic acids is 1. The molecule has 1 saturated carbocycles. The topological polar surface area (TPSA) is 81.7 Å². The van der Waals surface area contributed by atoms with Crippen molar-refractivity contribution >= 4 is 29.2 Å². The van der Waals surface area contributed by atoms with Crippen molar-refractivity contribution in [2.45, 2.75) is 58.2 Å². The molecular formula is C19H28ClN3O3. The molecule has 1 aromatic rings. The standard InChI is InChI=1S/C19H28ClN3O3/c1-4-23(11-19(25)26)16-8-15(9-16)21-13(3)7-18(24)22-14-6-5-12(2)17(20)10-14/h5-6,10,13,15-16,21H,4,7-9,11H2,1-3H3,(H,22,24)(H,25,26). The maximum absolute atomic E-state index is 12.2. The van der Waals surface area contributed by atoms with Gasteiger partial charge in [0.15, 0.2) is 0 Å². The van der Waals surface area contributed by atoms with Crippen LogP contribution in [0.1, 0.15) is 38.7 Å². The number of nitrogens with zero attached hydrogens (tertiary/aromatic N) is 1. The molecule has 1 amide bonds. The van der Waals surface area contributed by atoms with Crippen molar-refractivity contribution in [3.63, 3.8) is 0 Å². The van der Waals surface area contributed by atoms with E-state index in [1.165, 1.54) is 0 Å². The van der Waals surface area contributed by atoms with Gasteiger partial charge in [0, 0.05) is 35.3 Å². The van der Waals surface area contributed by atoms with Crippen molar-refractivity contribution < 1.29 is 14.7 Å². The summed E-state index contributed by atoms with van der Waals surface area (Å²) in [6.07, 6.45) is 2.21. The summed E-state index contributed by atoms with van der Waals surface area (Å²) in [5, 5.41) is 15.9. The van der Waals surface area contributed by atoms with Crippen molar-refractivity contribution in [3.8, 4) is 0 Å². The van der Waals surface area contributed by atoms with Crippen LogP contribution in [0.15, 0.2) is 18.2 Å². The number of carboxylic acid groups (broad SMARTS) is 1. The molecule has 7 heteroatoms. The third-order valence-electron chi connectivity index (χ3n) is 4.84. The van der Waals surface area contributed by atoms with Crippen molar-refractivity contribution in [1.82, 2.24) is 10.2 Å². The number of rotatable bonds is 9. The molecule has 0 heterocycles. The Morgan fingerprint density at radius 2 is 2.08 bits per heavy atom. The number of hydrogen-bond acceptors (Lipinski definition) is 4. The van der Waals surface area contributed by atoms with Crippen molar-refractivity contribution in [2.75, 3.05) is 18.4 Å². The molecule has 1 fully saturated rings. The zero-order valence-electron chi connectivity index (χ0n) is 15.6. The lowest BCUT2D eigenvalue weighted by Crippen LogP contribution is -2.55. The molecule has 144 valence electrons. The molecule has 1 unspecified atom stereocenters. The minimum atomic E-state index is -0.787. The number of nitrogens with one attached hydrogen (secondary N) is 2. The van der Waals surface area contributed by atoms with Gasteiger partial charge in [-0.05, 0) is 50.9 Å². The Hall–Kier alpha value is -1.63. The molecule has 0 spiro atoms. The Kier molecular flexibility index (Phi) is 7.43. The number of aryl methyl sites for hydroxylation is 1. The van der Waals surface area contributed by atoms with E-state index in [0.29, 0.717) is 29.2 Å². The maximum atomic E-state index is 12.2. The highest BCUT2D eigenvalue weighted by Crippen LogP contribution is 2.26. The molecular weight excluding hydrogens is 354 g/mol. The van der Waals surface area contributed by atoms with Gasteiger partial charge in [0.1, 0.15) is 0 Å². The zero-order chi connectivity index (χ0) is 19.3. The molecule has 1 atom stereocenters. The van der Waals surface area contributed by atoms with Crippen LogP contribution < -0.4 is 10.6 Å². The number of amides is 1. The SMILES string of the molecule is CCN(CC(=O)O)C1CC(NC(C)CC(=O)Nc2ccc(C)c(Cl)c2)C1. The first-order valence-corrected chi connectivity index (χ1v) is 9.44. The van der Waals surface area contributed by atoms with Gasteiger partial charge in [0.25, 0.3) is 0 Å². The number of carbonyl (C=O) groups is 2. The molecule has 1 aliphatic carbocycles. The van der Waals surface area contributed by atoms with E-state index in [1.807, 2.05) is 37.8 Å². The molecule has 0 aromatic heterocycles. The highest BCUT2D eigenvalue weighted by molar-refractivity contribution is 6.31. The van der Waals surface area contributed by atoms with Crippen LogP contribution in [0.25, 0.3) is 0 Å². The lowest BCUT2D eigenvalue weighted by atomic mass is 9.84. The smallest absolute Gasteiger partial charge is 0.317 e. The van der Waals surface area contributed by atoms with Gasteiger partial charge < -0.3 is 15.7 Å². The fraction of sp³-hybridized carbons (Fsp3) is 0.579. The monoisotopic (exact) mass is 381 g/mol. The average molecular weight is 382 g/mol. The number of carbonyl (C=O) groups excluding carboxylic acids is 1. The number of likely N-dealkylation sites (N-methyl/N-ethyl adjacent to an activating group) is 1. The molecule has 0 aliphatic heterocycles. The van der Waals surface area contributed by atoms with E-state index in [4.69, 9.17) is 16.7 Å². The van der Waals surface area contributed by atoms with Crippen LogP contribution in [0.2, 0.25) is 5.02 Å². The van der Waals surface area contributed by atoms with Gasteiger partial charge in [-0.25, -0.2) is 0 Å². The number of halogens is 1. The molecule has 0 bridgehead atoms. The summed E-state index contributed by atoms with van der Waals surface area (Å²) >= 11 is 6.08. The largest absolute Gasteiger partial charge is 0.480 e. The molecule has 6 nitrogen and oxygen atoms in total. The van der Waals surface area contributed by atoms with Gasteiger partial charge in [-0.15, -0.1) is 0 Å². The minimum Gasteiger partial charge on any atom is -0.480 e. The third-order valence-corrected chi connectivity index (χ3v) is 5.25. The van der Waals surface area contributed by atoms with E-state index >= 15 is 0 Å². The number of hydrogen-bond donors (Lipinski definition) is 3. The third kappa shape index (κ3) is 5.97. The Morgan fingerprint density at radius 3 is 2.65 bits per heavy atom. The van der Waals surface area contributed by atoms with Crippen LogP contribution in [-0.4, -0.2) is 53.1 Å². The predicted octanol–water partition coefficient (Wildman–Crippen LogP) is 2.89. The first-order chi connectivity index (χ1) is 12.3. The van der Waals surface area contributed by atoms with E-state index in [-0.39, 0.29) is 18.5 Å². The quantitative estimate of drug-likeness (QED) is 0.612. The van der Waals surface area contributed by atoms with Crippen LogP contribution in [0.5, 0.6) is 0 Å². The summed E-state index contributed by atoms with van der Waals surface area (Å²) in [4.78, 5) is 25.0. The van der Waals surface area contributed by atoms with Crippen LogP contribution >= 0.6 is 11.6 Å². The maximum Gasteiger partial charge on any atom is 0.317 e. The Labute approximate surface area is 159 Å². The van der Waals surface area contributed by atoms with Crippen molar-refractivity contribution in [1.29, 1.82) is 0 Å². The average Bonchev–Trinajstić information content (AvgIpc) is 2.51. The second-order valence-electron chi connectivity index (χ2n) is 7.06. The van der Waals surface area contributed by atoms with E-state index < -0.39 is 5.97 Å². The summed E-state index contributed by atoms with van der Waals surface area (Å²) in [6.45, 7) is 6.71. The summed E-state index contributed by atoms with van der Waals surface area (Å²) in [6, 6.07) is 6.17. The summed E-state index contributed by atoms with van der Waals surface area (Å²) in [5.74, 6) is -0.841. The van der Waals surface area contributed by atoms with Crippen LogP contribution in [0.3, 0.4) is 0 Å². The second-order valence-corrected chi connectivity index (χ2v) is 7.47. The van der Waals surface area contributed by atoms with Crippen molar-refractivity contribution in [3.05, 3.63) is 28.8 Å². The molecule has 2 rings (SSSR count). The number of benzene rings is 1. The van der Waals surface area contributed by atoms with Gasteiger partial charge in [-0.1, -0.05) is 24.6 Å². The fourth-order valence-electron chi connectivity index (χ4n) is 3.32. The number of anilines is 1. The second kappa shape index (κ2) is 9.35. The van der Waals surface area contributed by atoms with Gasteiger partial charge >= 0.3 is 5.97 Å². The highest BCUT2D eigenvalue weighted by atomic mass is 35.5. The summed E-state index contributed by atoms with van der Waals surface area (Å²) in [5.41, 5.74) is 1.68. The van der Waals surface area contributed by atoms with E-state index in [1.54, 1.807) is 6.07 Å². The van der Waals surface area contributed by atoms with Crippen LogP contribution in [-0.2, 0) is 9.59 Å². The predicted molar refractivity (Wildman–Crippen MR) is 104 cm³/mol.